The molecule has 110 valence electrons. The normalized spacial score (nSPS) is 10.3. The molecule has 0 aliphatic rings. The third-order valence-electron chi connectivity index (χ3n) is 2.78. The zero-order valence-corrected chi connectivity index (χ0v) is 11.9. The van der Waals surface area contributed by atoms with Gasteiger partial charge < -0.3 is 11.1 Å². The fourth-order valence-corrected chi connectivity index (χ4v) is 1.92. The van der Waals surface area contributed by atoms with Crippen LogP contribution >= 0.6 is 11.6 Å². The topological polar surface area (TPSA) is 98.3 Å². The van der Waals surface area contributed by atoms with Crippen molar-refractivity contribution in [3.05, 3.63) is 33.3 Å². The maximum atomic E-state index is 11.7. The molecule has 0 aliphatic carbocycles. The molecule has 0 fully saturated rings. The smallest absolute Gasteiger partial charge is 0.289 e. The Hall–Kier alpha value is -1.66. The number of nitro benzene ring substituents is 1. The van der Waals surface area contributed by atoms with E-state index in [1.54, 1.807) is 6.07 Å². The van der Waals surface area contributed by atoms with Gasteiger partial charge in [-0.25, -0.2) is 0 Å². The number of nitrogens with one attached hydrogen (secondary N) is 1. The number of nitro groups is 1. The van der Waals surface area contributed by atoms with E-state index in [9.17, 15) is 14.9 Å². The van der Waals surface area contributed by atoms with E-state index >= 15 is 0 Å². The van der Waals surface area contributed by atoms with Gasteiger partial charge in [-0.1, -0.05) is 24.4 Å². The summed E-state index contributed by atoms with van der Waals surface area (Å²) < 4.78 is 0. The summed E-state index contributed by atoms with van der Waals surface area (Å²) in [5.74, 6) is -0.158. The Labute approximate surface area is 122 Å². The molecule has 0 saturated heterocycles. The van der Waals surface area contributed by atoms with Crippen LogP contribution in [0.25, 0.3) is 0 Å². The Bertz CT molecular complexity index is 480. The number of nitrogens with zero attached hydrogens (tertiary/aromatic N) is 1. The highest BCUT2D eigenvalue weighted by Crippen LogP contribution is 2.27. The Morgan fingerprint density at radius 3 is 2.65 bits per heavy atom. The first-order valence-electron chi connectivity index (χ1n) is 6.48. The van der Waals surface area contributed by atoms with E-state index in [0.29, 0.717) is 18.7 Å². The van der Waals surface area contributed by atoms with Crippen molar-refractivity contribution in [1.82, 2.24) is 0 Å². The number of rotatable bonds is 8. The molecule has 0 aliphatic heterocycles. The van der Waals surface area contributed by atoms with Crippen LogP contribution in [0.3, 0.4) is 0 Å². The van der Waals surface area contributed by atoms with Gasteiger partial charge in [0.2, 0.25) is 5.91 Å². The minimum absolute atomic E-state index is 0.0507. The van der Waals surface area contributed by atoms with Crippen LogP contribution in [0.2, 0.25) is 5.02 Å². The zero-order valence-electron chi connectivity index (χ0n) is 11.1. The number of anilines is 1. The van der Waals surface area contributed by atoms with Gasteiger partial charge in [-0.2, -0.15) is 0 Å². The molecule has 0 saturated carbocycles. The van der Waals surface area contributed by atoms with Crippen LogP contribution in [-0.2, 0) is 4.79 Å². The monoisotopic (exact) mass is 299 g/mol. The van der Waals surface area contributed by atoms with Gasteiger partial charge in [-0.3, -0.25) is 14.9 Å². The number of amides is 1. The summed E-state index contributed by atoms with van der Waals surface area (Å²) in [5, 5.41) is 13.4. The third kappa shape index (κ3) is 5.54. The second-order valence-corrected chi connectivity index (χ2v) is 4.83. The van der Waals surface area contributed by atoms with Crippen molar-refractivity contribution < 1.29 is 9.72 Å². The molecular weight excluding hydrogens is 282 g/mol. The molecule has 0 atom stereocenters. The van der Waals surface area contributed by atoms with Crippen molar-refractivity contribution in [2.45, 2.75) is 32.1 Å². The van der Waals surface area contributed by atoms with E-state index in [-0.39, 0.29) is 16.6 Å². The Morgan fingerprint density at radius 1 is 1.30 bits per heavy atom. The first kappa shape index (κ1) is 16.4. The molecule has 0 heterocycles. The Balaban J connectivity index is 2.46. The molecule has 0 bridgehead atoms. The first-order valence-corrected chi connectivity index (χ1v) is 6.86. The molecule has 1 aromatic rings. The average molecular weight is 300 g/mol. The molecule has 0 radical (unpaired) electrons. The number of nitrogens with two attached hydrogens (primary N) is 1. The molecule has 6 nitrogen and oxygen atoms in total. The molecule has 3 N–H and O–H groups in total. The van der Waals surface area contributed by atoms with E-state index in [0.717, 1.165) is 25.7 Å². The zero-order chi connectivity index (χ0) is 15.0. The predicted molar refractivity (Wildman–Crippen MR) is 78.9 cm³/mol. The van der Waals surface area contributed by atoms with Crippen LogP contribution in [0.15, 0.2) is 18.2 Å². The van der Waals surface area contributed by atoms with Gasteiger partial charge >= 0.3 is 0 Å². The minimum atomic E-state index is -0.579. The van der Waals surface area contributed by atoms with Crippen molar-refractivity contribution in [3.8, 4) is 0 Å². The average Bonchev–Trinajstić information content (AvgIpc) is 2.40. The highest BCUT2D eigenvalue weighted by molar-refractivity contribution is 6.32. The van der Waals surface area contributed by atoms with Crippen molar-refractivity contribution >= 4 is 28.9 Å². The summed E-state index contributed by atoms with van der Waals surface area (Å²) in [6.45, 7) is 0.667. The molecule has 0 spiro atoms. The summed E-state index contributed by atoms with van der Waals surface area (Å²) in [7, 11) is 0. The van der Waals surface area contributed by atoms with Gasteiger partial charge in [0.25, 0.3) is 5.69 Å². The lowest BCUT2D eigenvalue weighted by atomic mass is 10.1. The lowest BCUT2D eigenvalue weighted by molar-refractivity contribution is -0.384. The van der Waals surface area contributed by atoms with Crippen LogP contribution in [0.4, 0.5) is 11.4 Å². The van der Waals surface area contributed by atoms with Gasteiger partial charge in [-0.15, -0.1) is 0 Å². The summed E-state index contributed by atoms with van der Waals surface area (Å²) in [5.41, 5.74) is 5.55. The van der Waals surface area contributed by atoms with Crippen LogP contribution in [0, 0.1) is 10.1 Å². The SMILES string of the molecule is NCCCCCCC(=O)Nc1ccc(Cl)c([N+](=O)[O-])c1. The van der Waals surface area contributed by atoms with E-state index in [2.05, 4.69) is 5.32 Å². The number of carbonyl (C=O) groups excluding carboxylic acids is 1. The van der Waals surface area contributed by atoms with Crippen LogP contribution in [-0.4, -0.2) is 17.4 Å². The standard InChI is InChI=1S/C13H18ClN3O3/c14-11-7-6-10(9-12(11)17(19)20)16-13(18)5-3-1-2-4-8-15/h6-7,9H,1-5,8,15H2,(H,16,18). The maximum absolute atomic E-state index is 11.7. The van der Waals surface area contributed by atoms with E-state index in [1.807, 2.05) is 0 Å². The maximum Gasteiger partial charge on any atom is 0.289 e. The number of benzene rings is 1. The van der Waals surface area contributed by atoms with Gasteiger partial charge in [0.05, 0.1) is 4.92 Å². The first-order chi connectivity index (χ1) is 9.54. The minimum Gasteiger partial charge on any atom is -0.330 e. The lowest BCUT2D eigenvalue weighted by Crippen LogP contribution is -2.11. The van der Waals surface area contributed by atoms with Gasteiger partial charge in [-0.05, 0) is 31.5 Å². The number of hydrogen-bond acceptors (Lipinski definition) is 4. The van der Waals surface area contributed by atoms with Gasteiger partial charge in [0.1, 0.15) is 5.02 Å². The fraction of sp³-hybridized carbons (Fsp3) is 0.462. The number of hydrogen-bond donors (Lipinski definition) is 2. The van der Waals surface area contributed by atoms with E-state index in [4.69, 9.17) is 17.3 Å². The van der Waals surface area contributed by atoms with E-state index < -0.39 is 4.92 Å². The van der Waals surface area contributed by atoms with Crippen LogP contribution < -0.4 is 11.1 Å². The second kappa shape index (κ2) is 8.50. The highest BCUT2D eigenvalue weighted by Gasteiger charge is 2.13. The Kier molecular flexibility index (Phi) is 6.97. The van der Waals surface area contributed by atoms with Crippen LogP contribution in [0.5, 0.6) is 0 Å². The lowest BCUT2D eigenvalue weighted by Gasteiger charge is -2.05. The summed E-state index contributed by atoms with van der Waals surface area (Å²) in [4.78, 5) is 21.8. The molecule has 20 heavy (non-hydrogen) atoms. The molecule has 0 aromatic heterocycles. The number of halogens is 1. The highest BCUT2D eigenvalue weighted by atomic mass is 35.5. The number of unbranched alkanes of at least 4 members (excludes halogenated alkanes) is 3. The molecular formula is C13H18ClN3O3. The molecule has 1 rings (SSSR count). The van der Waals surface area contributed by atoms with Crippen molar-refractivity contribution in [2.24, 2.45) is 5.73 Å². The number of carbonyl (C=O) groups is 1. The van der Waals surface area contributed by atoms with Crippen molar-refractivity contribution in [3.63, 3.8) is 0 Å². The predicted octanol–water partition coefficient (Wildman–Crippen LogP) is 3.10. The quantitative estimate of drug-likeness (QED) is 0.438. The third-order valence-corrected chi connectivity index (χ3v) is 3.10. The van der Waals surface area contributed by atoms with Crippen LogP contribution in [0.1, 0.15) is 32.1 Å². The fourth-order valence-electron chi connectivity index (χ4n) is 1.74. The summed E-state index contributed by atoms with van der Waals surface area (Å²) in [6, 6.07) is 4.20. The van der Waals surface area contributed by atoms with Gasteiger partial charge in [0.15, 0.2) is 0 Å². The summed E-state index contributed by atoms with van der Waals surface area (Å²) >= 11 is 5.70. The van der Waals surface area contributed by atoms with Crippen molar-refractivity contribution in [2.75, 3.05) is 11.9 Å². The Morgan fingerprint density at radius 2 is 2.00 bits per heavy atom. The van der Waals surface area contributed by atoms with E-state index in [1.165, 1.54) is 12.1 Å². The van der Waals surface area contributed by atoms with Gasteiger partial charge in [0, 0.05) is 18.2 Å². The summed E-state index contributed by atoms with van der Waals surface area (Å²) in [6.07, 6.45) is 4.09. The van der Waals surface area contributed by atoms with Crippen molar-refractivity contribution in [1.29, 1.82) is 0 Å². The molecule has 7 heteroatoms. The molecule has 1 amide bonds. The molecule has 0 unspecified atom stereocenters. The second-order valence-electron chi connectivity index (χ2n) is 4.42. The largest absolute Gasteiger partial charge is 0.330 e. The molecule has 1 aromatic carbocycles.